The van der Waals surface area contributed by atoms with Gasteiger partial charge in [0.05, 0.1) is 24.4 Å². The van der Waals surface area contributed by atoms with Crippen LogP contribution >= 0.6 is 0 Å². The minimum absolute atomic E-state index is 0.150. The van der Waals surface area contributed by atoms with Crippen LogP contribution in [0.3, 0.4) is 0 Å². The topological polar surface area (TPSA) is 71.1 Å². The molecule has 0 saturated carbocycles. The molecule has 2 rings (SSSR count). The standard InChI is InChI=1S/C39H72O6/c1-4-6-16-22-34-28-30-36(44-34)24-18-12-8-10-14-20-26-38(40)42-32-33(3)43-39(41)27-21-15-11-9-13-19-25-37-31-29-35(45-37)23-17-7-5-2/h33-37H,4-32H2,1-3H3. The first-order chi connectivity index (χ1) is 22.0. The van der Waals surface area contributed by atoms with Crippen molar-refractivity contribution in [1.82, 2.24) is 0 Å². The van der Waals surface area contributed by atoms with Crippen molar-refractivity contribution in [2.75, 3.05) is 6.61 Å². The molecule has 2 aliphatic rings. The Hall–Kier alpha value is -1.14. The van der Waals surface area contributed by atoms with E-state index in [0.717, 1.165) is 25.7 Å². The Labute approximate surface area is 277 Å². The van der Waals surface area contributed by atoms with Crippen LogP contribution in [0, 0.1) is 0 Å². The van der Waals surface area contributed by atoms with Crippen molar-refractivity contribution in [3.05, 3.63) is 0 Å². The summed E-state index contributed by atoms with van der Waals surface area (Å²) in [7, 11) is 0. The zero-order chi connectivity index (χ0) is 32.4. The highest BCUT2D eigenvalue weighted by atomic mass is 16.6. The fourth-order valence-electron chi connectivity index (χ4n) is 6.95. The number of rotatable bonds is 29. The monoisotopic (exact) mass is 637 g/mol. The van der Waals surface area contributed by atoms with E-state index in [4.69, 9.17) is 18.9 Å². The molecule has 0 radical (unpaired) electrons. The Kier molecular flexibility index (Phi) is 23.9. The van der Waals surface area contributed by atoms with Crippen molar-refractivity contribution in [1.29, 1.82) is 0 Å². The molecule has 6 nitrogen and oxygen atoms in total. The number of esters is 2. The number of unbranched alkanes of at least 4 members (excludes halogenated alkanes) is 14. The Morgan fingerprint density at radius 3 is 1.31 bits per heavy atom. The Morgan fingerprint density at radius 1 is 0.533 bits per heavy atom. The minimum Gasteiger partial charge on any atom is -0.462 e. The second-order valence-electron chi connectivity index (χ2n) is 14.2. The summed E-state index contributed by atoms with van der Waals surface area (Å²) >= 11 is 0. The lowest BCUT2D eigenvalue weighted by atomic mass is 10.0. The molecule has 2 aliphatic heterocycles. The molecule has 0 bridgehead atoms. The minimum atomic E-state index is -0.388. The van der Waals surface area contributed by atoms with Crippen molar-refractivity contribution in [3.63, 3.8) is 0 Å². The number of ether oxygens (including phenoxy) is 4. The van der Waals surface area contributed by atoms with E-state index in [1.165, 1.54) is 141 Å². The van der Waals surface area contributed by atoms with E-state index < -0.39 is 0 Å². The van der Waals surface area contributed by atoms with Crippen LogP contribution in [0.5, 0.6) is 0 Å². The summed E-state index contributed by atoms with van der Waals surface area (Å²) in [5, 5.41) is 0. The van der Waals surface area contributed by atoms with Crippen LogP contribution in [0.1, 0.15) is 201 Å². The van der Waals surface area contributed by atoms with Gasteiger partial charge >= 0.3 is 11.9 Å². The van der Waals surface area contributed by atoms with Crippen LogP contribution in [0.4, 0.5) is 0 Å². The van der Waals surface area contributed by atoms with Gasteiger partial charge in [0.2, 0.25) is 0 Å². The largest absolute Gasteiger partial charge is 0.462 e. The second-order valence-corrected chi connectivity index (χ2v) is 14.2. The van der Waals surface area contributed by atoms with Crippen molar-refractivity contribution in [2.24, 2.45) is 0 Å². The van der Waals surface area contributed by atoms with Gasteiger partial charge in [-0.1, -0.05) is 117 Å². The summed E-state index contributed by atoms with van der Waals surface area (Å²) in [6.45, 7) is 6.47. The van der Waals surface area contributed by atoms with Crippen LogP contribution in [-0.4, -0.2) is 49.1 Å². The van der Waals surface area contributed by atoms with Gasteiger partial charge < -0.3 is 18.9 Å². The van der Waals surface area contributed by atoms with Gasteiger partial charge in [-0.15, -0.1) is 0 Å². The van der Waals surface area contributed by atoms with E-state index in [-0.39, 0.29) is 24.6 Å². The lowest BCUT2D eigenvalue weighted by Gasteiger charge is -2.14. The lowest BCUT2D eigenvalue weighted by molar-refractivity contribution is -0.158. The number of carbonyl (C=O) groups excluding carboxylic acids is 2. The van der Waals surface area contributed by atoms with Crippen molar-refractivity contribution < 1.29 is 28.5 Å². The molecule has 0 aromatic heterocycles. The third kappa shape index (κ3) is 21.4. The first-order valence-corrected chi connectivity index (χ1v) is 19.7. The molecular formula is C39H72O6. The SMILES string of the molecule is CCCCCC1CCC(CCCCCCCCC(=O)OCC(C)OC(=O)CCCCCCCCC2CCC(CCCCC)O2)O1. The summed E-state index contributed by atoms with van der Waals surface area (Å²) < 4.78 is 23.2. The van der Waals surface area contributed by atoms with Crippen molar-refractivity contribution in [2.45, 2.75) is 231 Å². The van der Waals surface area contributed by atoms with E-state index in [2.05, 4.69) is 13.8 Å². The molecule has 2 fully saturated rings. The third-order valence-corrected chi connectivity index (χ3v) is 9.78. The van der Waals surface area contributed by atoms with Gasteiger partial charge in [-0.2, -0.15) is 0 Å². The Morgan fingerprint density at radius 2 is 0.889 bits per heavy atom. The fourth-order valence-corrected chi connectivity index (χ4v) is 6.95. The molecular weight excluding hydrogens is 564 g/mol. The van der Waals surface area contributed by atoms with E-state index >= 15 is 0 Å². The Balaban J connectivity index is 1.31. The average Bonchev–Trinajstić information content (AvgIpc) is 3.68. The molecule has 45 heavy (non-hydrogen) atoms. The Bertz CT molecular complexity index is 726. The normalized spacial score (nSPS) is 22.1. The van der Waals surface area contributed by atoms with E-state index in [1.807, 2.05) is 0 Å². The van der Waals surface area contributed by atoms with Gasteiger partial charge in [-0.25, -0.2) is 0 Å². The zero-order valence-electron chi connectivity index (χ0n) is 29.8. The average molecular weight is 637 g/mol. The molecule has 0 aromatic carbocycles. The third-order valence-electron chi connectivity index (χ3n) is 9.78. The molecule has 5 unspecified atom stereocenters. The predicted octanol–water partition coefficient (Wildman–Crippen LogP) is 11.0. The molecule has 2 saturated heterocycles. The van der Waals surface area contributed by atoms with Crippen LogP contribution in [-0.2, 0) is 28.5 Å². The summed E-state index contributed by atoms with van der Waals surface area (Å²) in [5.41, 5.74) is 0. The first-order valence-electron chi connectivity index (χ1n) is 19.7. The zero-order valence-corrected chi connectivity index (χ0v) is 29.8. The van der Waals surface area contributed by atoms with Crippen molar-refractivity contribution >= 4 is 11.9 Å². The summed E-state index contributed by atoms with van der Waals surface area (Å²) in [6, 6.07) is 0. The van der Waals surface area contributed by atoms with Crippen LogP contribution in [0.25, 0.3) is 0 Å². The lowest BCUT2D eigenvalue weighted by Crippen LogP contribution is -2.22. The van der Waals surface area contributed by atoms with Crippen LogP contribution in [0.15, 0.2) is 0 Å². The second kappa shape index (κ2) is 26.9. The van der Waals surface area contributed by atoms with Gasteiger partial charge in [0.1, 0.15) is 12.7 Å². The number of carbonyl (C=O) groups is 2. The van der Waals surface area contributed by atoms with E-state index in [0.29, 0.717) is 37.3 Å². The highest BCUT2D eigenvalue weighted by Gasteiger charge is 2.25. The molecule has 0 aromatic rings. The quantitative estimate of drug-likeness (QED) is 0.0601. The number of hydrogen-bond donors (Lipinski definition) is 0. The summed E-state index contributed by atoms with van der Waals surface area (Å²) in [6.07, 6.45) is 33.9. The van der Waals surface area contributed by atoms with Gasteiger partial charge in [0, 0.05) is 12.8 Å². The molecule has 0 spiro atoms. The maximum atomic E-state index is 12.2. The molecule has 6 heteroatoms. The first kappa shape index (κ1) is 40.0. The maximum absolute atomic E-state index is 12.2. The van der Waals surface area contributed by atoms with Crippen molar-refractivity contribution in [3.8, 4) is 0 Å². The van der Waals surface area contributed by atoms with Gasteiger partial charge in [0.15, 0.2) is 0 Å². The molecule has 0 aliphatic carbocycles. The predicted molar refractivity (Wildman–Crippen MR) is 184 cm³/mol. The molecule has 0 amide bonds. The van der Waals surface area contributed by atoms with Crippen LogP contribution < -0.4 is 0 Å². The van der Waals surface area contributed by atoms with E-state index in [1.54, 1.807) is 6.92 Å². The highest BCUT2D eigenvalue weighted by molar-refractivity contribution is 5.70. The fraction of sp³-hybridized carbons (Fsp3) is 0.949. The summed E-state index contributed by atoms with van der Waals surface area (Å²) in [4.78, 5) is 24.3. The van der Waals surface area contributed by atoms with Gasteiger partial charge in [-0.05, 0) is 71.1 Å². The molecule has 2 heterocycles. The highest BCUT2D eigenvalue weighted by Crippen LogP contribution is 2.28. The van der Waals surface area contributed by atoms with Gasteiger partial charge in [-0.3, -0.25) is 9.59 Å². The van der Waals surface area contributed by atoms with Crippen LogP contribution in [0.2, 0.25) is 0 Å². The maximum Gasteiger partial charge on any atom is 0.306 e. The molecule has 5 atom stereocenters. The molecule has 0 N–H and O–H groups in total. The van der Waals surface area contributed by atoms with Gasteiger partial charge in [0.25, 0.3) is 0 Å². The molecule has 264 valence electrons. The van der Waals surface area contributed by atoms with E-state index in [9.17, 15) is 9.59 Å². The number of hydrogen-bond acceptors (Lipinski definition) is 6. The summed E-state index contributed by atoms with van der Waals surface area (Å²) in [5.74, 6) is -0.368. The smallest absolute Gasteiger partial charge is 0.306 e.